The summed E-state index contributed by atoms with van der Waals surface area (Å²) >= 11 is 0. The first-order valence-corrected chi connectivity index (χ1v) is 11.8. The van der Waals surface area contributed by atoms with Crippen LogP contribution in [0.1, 0.15) is 12.0 Å². The fourth-order valence-corrected chi connectivity index (χ4v) is 4.25. The molecular weight excluding hydrogens is 496 g/mol. The van der Waals surface area contributed by atoms with Crippen molar-refractivity contribution in [1.29, 1.82) is 0 Å². The average molecular weight is 525 g/mol. The van der Waals surface area contributed by atoms with Gasteiger partial charge in [0.15, 0.2) is 0 Å². The molecule has 0 unspecified atom stereocenters. The van der Waals surface area contributed by atoms with Gasteiger partial charge in [0.2, 0.25) is 5.88 Å². The Labute approximate surface area is 211 Å². The molecule has 4 rings (SSSR count). The second kappa shape index (κ2) is 11.3. The number of anilines is 2. The molecule has 1 aromatic carbocycles. The Bertz CT molecular complexity index is 1170. The van der Waals surface area contributed by atoms with E-state index in [1.165, 1.54) is 23.1 Å². The van der Waals surface area contributed by atoms with Crippen molar-refractivity contribution in [2.24, 2.45) is 0 Å². The third kappa shape index (κ3) is 6.89. The van der Waals surface area contributed by atoms with E-state index in [1.54, 1.807) is 13.0 Å². The highest BCUT2D eigenvalue weighted by molar-refractivity contribution is 5.91. The first-order chi connectivity index (χ1) is 17.6. The van der Waals surface area contributed by atoms with Crippen LogP contribution in [-0.2, 0) is 4.74 Å². The molecule has 0 bridgehead atoms. The van der Waals surface area contributed by atoms with E-state index in [1.807, 2.05) is 11.0 Å². The number of carbonyl (C=O) groups is 1. The molecule has 37 heavy (non-hydrogen) atoms. The Balaban J connectivity index is 1.58. The van der Waals surface area contributed by atoms with Gasteiger partial charge in [0.1, 0.15) is 18.2 Å². The lowest BCUT2D eigenvalue weighted by molar-refractivity contribution is -0.127. The third-order valence-corrected chi connectivity index (χ3v) is 6.04. The minimum absolute atomic E-state index is 0.0103. The summed E-state index contributed by atoms with van der Waals surface area (Å²) in [5.41, 5.74) is 1.86. The number of aliphatic hydroxyl groups excluding tert-OH is 1. The van der Waals surface area contributed by atoms with Gasteiger partial charge in [-0.15, -0.1) is 0 Å². The molecule has 200 valence electrons. The number of pyridine rings is 1. The van der Waals surface area contributed by atoms with Crippen LogP contribution in [-0.4, -0.2) is 79.8 Å². The fraction of sp³-hybridized carbons (Fsp3) is 0.440. The van der Waals surface area contributed by atoms with Gasteiger partial charge in [-0.25, -0.2) is 9.18 Å². The Morgan fingerprint density at radius 2 is 1.97 bits per heavy atom. The number of ether oxygens (including phenoxy) is 2. The Morgan fingerprint density at radius 1 is 1.22 bits per heavy atom. The van der Waals surface area contributed by atoms with Crippen molar-refractivity contribution >= 4 is 17.5 Å². The van der Waals surface area contributed by atoms with Gasteiger partial charge >= 0.3 is 12.2 Å². The quantitative estimate of drug-likeness (QED) is 0.419. The molecule has 1 saturated heterocycles. The van der Waals surface area contributed by atoms with Gasteiger partial charge in [-0.2, -0.15) is 18.2 Å². The molecule has 0 aliphatic carbocycles. The summed E-state index contributed by atoms with van der Waals surface area (Å²) in [6, 6.07) is 5.57. The Hall–Kier alpha value is -3.38. The first kappa shape index (κ1) is 26.7. The SMILES string of the molecule is Cc1cc(F)c(NC(=O)N2CC=C(CC(F)(F)F)C2)cc1-c1cc(OCCO)nc(N2CCOCC2)c1. The van der Waals surface area contributed by atoms with Gasteiger partial charge in [-0.3, -0.25) is 0 Å². The van der Waals surface area contributed by atoms with Crippen molar-refractivity contribution in [1.82, 2.24) is 9.88 Å². The van der Waals surface area contributed by atoms with Crippen LogP contribution >= 0.6 is 0 Å². The van der Waals surface area contributed by atoms with Crippen LogP contribution in [0.15, 0.2) is 35.9 Å². The number of hydrogen-bond acceptors (Lipinski definition) is 6. The molecule has 3 heterocycles. The van der Waals surface area contributed by atoms with Crippen molar-refractivity contribution in [3.63, 3.8) is 0 Å². The number of rotatable bonds is 7. The number of carbonyl (C=O) groups excluding carboxylic acids is 1. The van der Waals surface area contributed by atoms with E-state index in [9.17, 15) is 22.4 Å². The number of nitrogens with one attached hydrogen (secondary N) is 1. The molecule has 2 amide bonds. The number of benzene rings is 1. The summed E-state index contributed by atoms with van der Waals surface area (Å²) in [5.74, 6) is 0.238. The van der Waals surface area contributed by atoms with E-state index < -0.39 is 24.4 Å². The second-order valence-corrected chi connectivity index (χ2v) is 8.84. The number of aryl methyl sites for hydroxylation is 1. The summed E-state index contributed by atoms with van der Waals surface area (Å²) in [4.78, 5) is 20.4. The number of aromatic nitrogens is 1. The van der Waals surface area contributed by atoms with E-state index in [2.05, 4.69) is 10.3 Å². The summed E-state index contributed by atoms with van der Waals surface area (Å²) in [6.07, 6.45) is -4.09. The summed E-state index contributed by atoms with van der Waals surface area (Å²) in [7, 11) is 0. The van der Waals surface area contributed by atoms with Crippen molar-refractivity contribution in [3.8, 4) is 17.0 Å². The van der Waals surface area contributed by atoms with Gasteiger partial charge in [0.05, 0.1) is 31.9 Å². The van der Waals surface area contributed by atoms with Crippen LogP contribution in [0.5, 0.6) is 5.88 Å². The lowest BCUT2D eigenvalue weighted by atomic mass is 10.00. The standard InChI is InChI=1S/C25H28F4N4O4/c1-16-10-20(26)21(30-24(35)33-3-2-17(15-33)14-25(27,28)29)13-19(16)18-11-22(32-4-7-36-8-5-32)31-23(12-18)37-9-6-34/h2,10-13,34H,3-9,14-15H2,1H3,(H,30,35). The molecule has 1 aromatic heterocycles. The van der Waals surface area contributed by atoms with Crippen molar-refractivity contribution in [3.05, 3.63) is 47.3 Å². The maximum absolute atomic E-state index is 14.8. The monoisotopic (exact) mass is 524 g/mol. The number of nitrogens with zero attached hydrogens (tertiary/aromatic N) is 3. The lowest BCUT2D eigenvalue weighted by Gasteiger charge is -2.28. The molecule has 2 aromatic rings. The number of morpholine rings is 1. The van der Waals surface area contributed by atoms with Gasteiger partial charge < -0.3 is 29.7 Å². The van der Waals surface area contributed by atoms with Crippen molar-refractivity contribution < 1.29 is 36.9 Å². The number of hydrogen-bond donors (Lipinski definition) is 2. The highest BCUT2D eigenvalue weighted by Gasteiger charge is 2.32. The lowest BCUT2D eigenvalue weighted by Crippen LogP contribution is -2.36. The summed E-state index contributed by atoms with van der Waals surface area (Å²) in [5, 5.41) is 11.7. The van der Waals surface area contributed by atoms with Gasteiger partial charge in [-0.1, -0.05) is 6.08 Å². The Morgan fingerprint density at radius 3 is 2.68 bits per heavy atom. The van der Waals surface area contributed by atoms with Crippen molar-refractivity contribution in [2.75, 3.05) is 62.8 Å². The molecule has 0 radical (unpaired) electrons. The summed E-state index contributed by atoms with van der Waals surface area (Å²) < 4.78 is 63.8. The predicted octanol–water partition coefficient (Wildman–Crippen LogP) is 4.13. The van der Waals surface area contributed by atoms with Gasteiger partial charge in [-0.05, 0) is 47.4 Å². The molecule has 2 aliphatic rings. The van der Waals surface area contributed by atoms with Crippen LogP contribution in [0.2, 0.25) is 0 Å². The predicted molar refractivity (Wildman–Crippen MR) is 129 cm³/mol. The average Bonchev–Trinajstić information content (AvgIpc) is 3.31. The smallest absolute Gasteiger partial charge is 0.392 e. The van der Waals surface area contributed by atoms with Crippen LogP contribution in [0.25, 0.3) is 11.1 Å². The zero-order chi connectivity index (χ0) is 26.6. The number of halogens is 4. The van der Waals surface area contributed by atoms with E-state index in [0.717, 1.165) is 0 Å². The van der Waals surface area contributed by atoms with E-state index in [4.69, 9.17) is 14.6 Å². The van der Waals surface area contributed by atoms with Crippen LogP contribution in [0.4, 0.5) is 33.9 Å². The normalized spacial score (nSPS) is 16.1. The first-order valence-electron chi connectivity index (χ1n) is 11.8. The number of aliphatic hydroxyl groups is 1. The minimum Gasteiger partial charge on any atom is -0.475 e. The Kier molecular flexibility index (Phi) is 8.18. The zero-order valence-corrected chi connectivity index (χ0v) is 20.3. The largest absolute Gasteiger partial charge is 0.475 e. The number of alkyl halides is 3. The zero-order valence-electron chi connectivity index (χ0n) is 20.3. The molecule has 0 spiro atoms. The second-order valence-electron chi connectivity index (χ2n) is 8.84. The maximum atomic E-state index is 14.8. The van der Waals surface area contributed by atoms with Crippen LogP contribution in [0, 0.1) is 12.7 Å². The third-order valence-electron chi connectivity index (χ3n) is 6.04. The fourth-order valence-electron chi connectivity index (χ4n) is 4.25. The number of amides is 2. The minimum atomic E-state index is -4.36. The molecule has 2 N–H and O–H groups in total. The van der Waals surface area contributed by atoms with E-state index in [-0.39, 0.29) is 43.4 Å². The highest BCUT2D eigenvalue weighted by Crippen LogP contribution is 2.34. The molecule has 12 heteroatoms. The molecule has 1 fully saturated rings. The van der Waals surface area contributed by atoms with E-state index >= 15 is 0 Å². The number of urea groups is 1. The van der Waals surface area contributed by atoms with Crippen LogP contribution in [0.3, 0.4) is 0 Å². The molecule has 0 atom stereocenters. The molecule has 8 nitrogen and oxygen atoms in total. The van der Waals surface area contributed by atoms with Crippen LogP contribution < -0.4 is 15.0 Å². The molecular formula is C25H28F4N4O4. The molecule has 2 aliphatic heterocycles. The van der Waals surface area contributed by atoms with Gasteiger partial charge in [0, 0.05) is 32.2 Å². The van der Waals surface area contributed by atoms with Crippen molar-refractivity contribution in [2.45, 2.75) is 19.5 Å². The van der Waals surface area contributed by atoms with E-state index in [0.29, 0.717) is 48.8 Å². The topological polar surface area (TPSA) is 87.2 Å². The van der Waals surface area contributed by atoms with Gasteiger partial charge in [0.25, 0.3) is 0 Å². The summed E-state index contributed by atoms with van der Waals surface area (Å²) in [6.45, 7) is 3.74. The highest BCUT2D eigenvalue weighted by atomic mass is 19.4. The molecule has 0 saturated carbocycles. The maximum Gasteiger partial charge on any atom is 0.392 e.